The second-order valence-electron chi connectivity index (χ2n) is 6.85. The summed E-state index contributed by atoms with van der Waals surface area (Å²) in [5, 5.41) is 3.32. The average molecular weight is 427 g/mol. The van der Waals surface area contributed by atoms with Gasteiger partial charge in [-0.05, 0) is 48.5 Å². The van der Waals surface area contributed by atoms with E-state index in [1.165, 1.54) is 24.3 Å². The fraction of sp³-hybridized carbons (Fsp3) is 0.316. The molecule has 146 valence electrons. The smallest absolute Gasteiger partial charge is 0.261 e. The van der Waals surface area contributed by atoms with Crippen molar-refractivity contribution < 1.29 is 13.2 Å². The Morgan fingerprint density at radius 2 is 1.63 bits per heavy atom. The van der Waals surface area contributed by atoms with Gasteiger partial charge >= 0.3 is 0 Å². The van der Waals surface area contributed by atoms with Crippen LogP contribution in [0.1, 0.15) is 31.1 Å². The highest BCUT2D eigenvalue weighted by Gasteiger charge is 2.15. The van der Waals surface area contributed by atoms with E-state index in [9.17, 15) is 13.2 Å². The highest BCUT2D eigenvalue weighted by atomic mass is 35.5. The first-order chi connectivity index (χ1) is 12.6. The SMILES string of the molecule is CC(C)(C)SCCNC(=O)c1ccc(NS(=O)(=O)c2ccc(Cl)cc2)cc1. The van der Waals surface area contributed by atoms with E-state index in [-0.39, 0.29) is 15.5 Å². The zero-order valence-electron chi connectivity index (χ0n) is 15.5. The number of hydrogen-bond donors (Lipinski definition) is 2. The highest BCUT2D eigenvalue weighted by molar-refractivity contribution is 8.00. The van der Waals surface area contributed by atoms with Crippen molar-refractivity contribution in [1.29, 1.82) is 0 Å². The van der Waals surface area contributed by atoms with Crippen LogP contribution in [0, 0.1) is 0 Å². The first-order valence-corrected chi connectivity index (χ1v) is 11.2. The number of sulfonamides is 1. The Balaban J connectivity index is 1.94. The zero-order valence-corrected chi connectivity index (χ0v) is 17.8. The summed E-state index contributed by atoms with van der Waals surface area (Å²) in [5.74, 6) is 0.644. The van der Waals surface area contributed by atoms with Crippen LogP contribution in [0.4, 0.5) is 5.69 Å². The molecule has 0 radical (unpaired) electrons. The van der Waals surface area contributed by atoms with Crippen molar-refractivity contribution in [3.8, 4) is 0 Å². The lowest BCUT2D eigenvalue weighted by molar-refractivity contribution is 0.0956. The van der Waals surface area contributed by atoms with Crippen LogP contribution in [-0.2, 0) is 10.0 Å². The van der Waals surface area contributed by atoms with Gasteiger partial charge in [0.05, 0.1) is 4.90 Å². The third-order valence-electron chi connectivity index (χ3n) is 3.45. The van der Waals surface area contributed by atoms with Crippen LogP contribution in [0.3, 0.4) is 0 Å². The van der Waals surface area contributed by atoms with Crippen LogP contribution in [0.2, 0.25) is 5.02 Å². The molecule has 1 amide bonds. The molecule has 0 saturated heterocycles. The van der Waals surface area contributed by atoms with E-state index in [4.69, 9.17) is 11.6 Å². The standard InChI is InChI=1S/C19H23ClN2O3S2/c1-19(2,3)26-13-12-21-18(23)14-4-8-16(9-5-14)22-27(24,25)17-10-6-15(20)7-11-17/h4-11,22H,12-13H2,1-3H3,(H,21,23). The molecule has 0 aliphatic rings. The average Bonchev–Trinajstić information content (AvgIpc) is 2.58. The molecule has 0 saturated carbocycles. The topological polar surface area (TPSA) is 75.3 Å². The molecule has 0 aliphatic carbocycles. The van der Waals surface area contributed by atoms with E-state index in [0.29, 0.717) is 22.8 Å². The first-order valence-electron chi connectivity index (χ1n) is 8.37. The number of halogens is 1. The van der Waals surface area contributed by atoms with Crippen molar-refractivity contribution in [3.63, 3.8) is 0 Å². The number of hydrogen-bond acceptors (Lipinski definition) is 4. The van der Waals surface area contributed by atoms with Crippen molar-refractivity contribution in [2.75, 3.05) is 17.0 Å². The normalized spacial score (nSPS) is 11.9. The zero-order chi connectivity index (χ0) is 20.1. The fourth-order valence-electron chi connectivity index (χ4n) is 2.14. The predicted molar refractivity (Wildman–Crippen MR) is 113 cm³/mol. The van der Waals surface area contributed by atoms with E-state index in [0.717, 1.165) is 5.75 Å². The van der Waals surface area contributed by atoms with Gasteiger partial charge in [0.15, 0.2) is 0 Å². The molecule has 2 aromatic carbocycles. The molecule has 0 fully saturated rings. The molecule has 0 heterocycles. The lowest BCUT2D eigenvalue weighted by Crippen LogP contribution is -2.26. The molecule has 2 rings (SSSR count). The minimum atomic E-state index is -3.71. The number of rotatable bonds is 7. The number of carbonyl (C=O) groups is 1. The molecule has 8 heteroatoms. The van der Waals surface area contributed by atoms with Crippen molar-refractivity contribution in [3.05, 3.63) is 59.1 Å². The van der Waals surface area contributed by atoms with E-state index in [1.54, 1.807) is 36.0 Å². The molecule has 0 atom stereocenters. The summed E-state index contributed by atoms with van der Waals surface area (Å²) in [5.41, 5.74) is 0.856. The third kappa shape index (κ3) is 7.08. The van der Waals surface area contributed by atoms with Gasteiger partial charge in [-0.15, -0.1) is 0 Å². The van der Waals surface area contributed by atoms with Crippen molar-refractivity contribution in [1.82, 2.24) is 5.32 Å². The lowest BCUT2D eigenvalue weighted by Gasteiger charge is -2.17. The van der Waals surface area contributed by atoms with Gasteiger partial charge in [-0.25, -0.2) is 8.42 Å². The molecular formula is C19H23ClN2O3S2. The number of benzene rings is 2. The van der Waals surface area contributed by atoms with Gasteiger partial charge in [0.25, 0.3) is 15.9 Å². The monoisotopic (exact) mass is 426 g/mol. The number of nitrogens with one attached hydrogen (secondary N) is 2. The van der Waals surface area contributed by atoms with Gasteiger partial charge in [-0.1, -0.05) is 32.4 Å². The molecule has 0 aromatic heterocycles. The largest absolute Gasteiger partial charge is 0.351 e. The predicted octanol–water partition coefficient (Wildman–Crippen LogP) is 4.40. The lowest BCUT2D eigenvalue weighted by atomic mass is 10.2. The van der Waals surface area contributed by atoms with Crippen molar-refractivity contribution in [2.24, 2.45) is 0 Å². The van der Waals surface area contributed by atoms with Crippen LogP contribution in [0.15, 0.2) is 53.4 Å². The molecule has 0 aliphatic heterocycles. The molecule has 5 nitrogen and oxygen atoms in total. The molecule has 2 N–H and O–H groups in total. The van der Waals surface area contributed by atoms with Crippen molar-refractivity contribution in [2.45, 2.75) is 30.4 Å². The minimum absolute atomic E-state index is 0.116. The summed E-state index contributed by atoms with van der Waals surface area (Å²) in [7, 11) is -3.71. The highest BCUT2D eigenvalue weighted by Crippen LogP contribution is 2.22. The van der Waals surface area contributed by atoms with Gasteiger partial charge in [-0.3, -0.25) is 9.52 Å². The fourth-order valence-corrected chi connectivity index (χ4v) is 4.14. The van der Waals surface area contributed by atoms with Gasteiger partial charge in [-0.2, -0.15) is 11.8 Å². The van der Waals surface area contributed by atoms with E-state index < -0.39 is 10.0 Å². The van der Waals surface area contributed by atoms with Crippen LogP contribution in [0.5, 0.6) is 0 Å². The van der Waals surface area contributed by atoms with Crippen LogP contribution in [-0.4, -0.2) is 31.4 Å². The third-order valence-corrected chi connectivity index (χ3v) is 6.37. The molecule has 27 heavy (non-hydrogen) atoms. The molecular weight excluding hydrogens is 404 g/mol. The Bertz CT molecular complexity index is 875. The van der Waals surface area contributed by atoms with Crippen LogP contribution in [0.25, 0.3) is 0 Å². The van der Waals surface area contributed by atoms with Gasteiger partial charge in [0, 0.05) is 33.3 Å². The van der Waals surface area contributed by atoms with Crippen LogP contribution < -0.4 is 10.0 Å². The number of amides is 1. The summed E-state index contributed by atoms with van der Waals surface area (Å²) in [4.78, 5) is 12.3. The maximum absolute atomic E-state index is 12.4. The van der Waals surface area contributed by atoms with Gasteiger partial charge < -0.3 is 5.32 Å². The Morgan fingerprint density at radius 3 is 2.19 bits per heavy atom. The number of anilines is 1. The van der Waals surface area contributed by atoms with E-state index in [2.05, 4.69) is 30.8 Å². The first kappa shape index (κ1) is 21.6. The summed E-state index contributed by atoms with van der Waals surface area (Å²) in [6, 6.07) is 12.2. The van der Waals surface area contributed by atoms with E-state index >= 15 is 0 Å². The molecule has 0 unspecified atom stereocenters. The van der Waals surface area contributed by atoms with Crippen molar-refractivity contribution >= 4 is 45.0 Å². The molecule has 0 spiro atoms. The summed E-state index contributed by atoms with van der Waals surface area (Å²) < 4.78 is 27.3. The Morgan fingerprint density at radius 1 is 1.04 bits per heavy atom. The molecule has 0 bridgehead atoms. The van der Waals surface area contributed by atoms with Crippen LogP contribution >= 0.6 is 23.4 Å². The summed E-state index contributed by atoms with van der Waals surface area (Å²) in [6.45, 7) is 6.96. The van der Waals surface area contributed by atoms with E-state index in [1.807, 2.05) is 0 Å². The Kier molecular flexibility index (Phi) is 7.19. The quantitative estimate of drug-likeness (QED) is 0.643. The Labute approximate surface area is 169 Å². The number of carbonyl (C=O) groups excluding carboxylic acids is 1. The minimum Gasteiger partial charge on any atom is -0.351 e. The second-order valence-corrected chi connectivity index (χ2v) is 10.9. The maximum atomic E-state index is 12.4. The van der Waals surface area contributed by atoms with Gasteiger partial charge in [0.1, 0.15) is 0 Å². The Hall–Kier alpha value is -1.70. The maximum Gasteiger partial charge on any atom is 0.261 e. The number of thioether (sulfide) groups is 1. The summed E-state index contributed by atoms with van der Waals surface area (Å²) >= 11 is 7.56. The second kappa shape index (κ2) is 8.99. The summed E-state index contributed by atoms with van der Waals surface area (Å²) in [6.07, 6.45) is 0. The molecule has 2 aromatic rings. The van der Waals surface area contributed by atoms with Gasteiger partial charge in [0.2, 0.25) is 0 Å².